The van der Waals surface area contributed by atoms with E-state index < -0.39 is 18.1 Å². The average Bonchev–Trinajstić information content (AvgIpc) is 3.21. The Morgan fingerprint density at radius 3 is 1.03 bits per heavy atom. The van der Waals surface area contributed by atoms with Crippen molar-refractivity contribution in [3.8, 4) is 0 Å². The minimum absolute atomic E-state index is 0.0496. The van der Waals surface area contributed by atoms with E-state index in [1.807, 2.05) is 21.1 Å². The number of carboxylic acids is 1. The molecule has 2 atom stereocenters. The van der Waals surface area contributed by atoms with E-state index in [0.717, 1.165) is 38.5 Å². The molecule has 0 amide bonds. The van der Waals surface area contributed by atoms with E-state index in [-0.39, 0.29) is 42.7 Å². The van der Waals surface area contributed by atoms with Crippen LogP contribution in [0.1, 0.15) is 264 Å². The number of rotatable bonds is 48. The number of carbonyl (C=O) groups excluding carboxylic acids is 3. The predicted molar refractivity (Wildman–Crippen MR) is 250 cm³/mol. The fourth-order valence-corrected chi connectivity index (χ4v) is 8.19. The summed E-state index contributed by atoms with van der Waals surface area (Å²) in [6.45, 7) is 4.72. The first-order chi connectivity index (χ1) is 29.1. The number of quaternary nitrogens is 1. The summed E-state index contributed by atoms with van der Waals surface area (Å²) >= 11 is 0. The van der Waals surface area contributed by atoms with E-state index in [1.54, 1.807) is 0 Å². The van der Waals surface area contributed by atoms with Gasteiger partial charge in [0, 0.05) is 19.3 Å². The van der Waals surface area contributed by atoms with Gasteiger partial charge in [0.2, 0.25) is 0 Å². The highest BCUT2D eigenvalue weighted by Gasteiger charge is 2.25. The number of carbonyl (C=O) groups is 3. The normalized spacial score (nSPS) is 12.8. The van der Waals surface area contributed by atoms with Gasteiger partial charge in [-0.25, -0.2) is 0 Å². The van der Waals surface area contributed by atoms with Crippen LogP contribution in [0.4, 0.5) is 0 Å². The largest absolute Gasteiger partial charge is 0.544 e. The summed E-state index contributed by atoms with van der Waals surface area (Å²) in [6, 6.07) is -0.719. The van der Waals surface area contributed by atoms with Crippen LogP contribution in [0.15, 0.2) is 0 Å². The van der Waals surface area contributed by atoms with Crippen molar-refractivity contribution in [1.29, 1.82) is 0 Å². The second-order valence-electron chi connectivity index (χ2n) is 19.1. The number of aliphatic carboxylic acids is 1. The van der Waals surface area contributed by atoms with E-state index in [2.05, 4.69) is 13.8 Å². The molecule has 2 unspecified atom stereocenters. The summed E-state index contributed by atoms with van der Waals surface area (Å²) in [5.74, 6) is -1.71. The molecule has 0 aliphatic heterocycles. The number of likely N-dealkylation sites (N-methyl/N-ethyl adjacent to an activating group) is 1. The van der Waals surface area contributed by atoms with Crippen molar-refractivity contribution in [3.63, 3.8) is 0 Å². The lowest BCUT2D eigenvalue weighted by Crippen LogP contribution is -2.55. The van der Waals surface area contributed by atoms with E-state index in [4.69, 9.17) is 14.2 Å². The molecule has 0 N–H and O–H groups in total. The summed E-state index contributed by atoms with van der Waals surface area (Å²) in [5, 5.41) is 11.6. The number of carboxylic acid groups (broad SMARTS) is 1. The second-order valence-corrected chi connectivity index (χ2v) is 19.1. The van der Waals surface area contributed by atoms with Crippen LogP contribution >= 0.6 is 0 Å². The van der Waals surface area contributed by atoms with Gasteiger partial charge in [-0.05, 0) is 12.8 Å². The molecule has 0 saturated heterocycles. The molecule has 0 saturated carbocycles. The molecule has 0 aromatic heterocycles. The lowest BCUT2D eigenvalue weighted by molar-refractivity contribution is -0.889. The van der Waals surface area contributed by atoms with Gasteiger partial charge in [0.1, 0.15) is 12.6 Å². The van der Waals surface area contributed by atoms with E-state index in [9.17, 15) is 19.5 Å². The number of hydrogen-bond acceptors (Lipinski definition) is 7. The Kier molecular flexibility index (Phi) is 42.7. The van der Waals surface area contributed by atoms with E-state index >= 15 is 0 Å². The number of ether oxygens (including phenoxy) is 3. The highest BCUT2D eigenvalue weighted by Crippen LogP contribution is 2.17. The van der Waals surface area contributed by atoms with E-state index in [0.29, 0.717) is 12.8 Å². The van der Waals surface area contributed by atoms with Crippen molar-refractivity contribution in [1.82, 2.24) is 0 Å². The maximum Gasteiger partial charge on any atom is 0.306 e. The Bertz CT molecular complexity index is 951. The topological polar surface area (TPSA) is 102 Å². The van der Waals surface area contributed by atoms with Gasteiger partial charge in [0.05, 0.1) is 40.3 Å². The van der Waals surface area contributed by atoms with Crippen LogP contribution in [0.2, 0.25) is 0 Å². The van der Waals surface area contributed by atoms with Crippen molar-refractivity contribution in [2.45, 2.75) is 276 Å². The van der Waals surface area contributed by atoms with Crippen LogP contribution in [0.3, 0.4) is 0 Å². The lowest BCUT2D eigenvalue weighted by Gasteiger charge is -2.34. The molecule has 0 bridgehead atoms. The van der Waals surface area contributed by atoms with Crippen molar-refractivity contribution in [2.75, 3.05) is 41.0 Å². The second kappa shape index (κ2) is 44.0. The van der Waals surface area contributed by atoms with Crippen molar-refractivity contribution < 1.29 is 38.2 Å². The number of unbranched alkanes of at least 4 members (excludes halogenated alkanes) is 34. The summed E-state index contributed by atoms with van der Waals surface area (Å²) < 4.78 is 17.2. The van der Waals surface area contributed by atoms with Crippen LogP contribution in [-0.2, 0) is 28.6 Å². The maximum absolute atomic E-state index is 12.7. The van der Waals surface area contributed by atoms with Crippen LogP contribution in [-0.4, -0.2) is 75.5 Å². The van der Waals surface area contributed by atoms with Crippen molar-refractivity contribution in [2.24, 2.45) is 0 Å². The maximum atomic E-state index is 12.7. The molecule has 0 aliphatic carbocycles. The van der Waals surface area contributed by atoms with Crippen molar-refractivity contribution >= 4 is 17.9 Å². The molecule has 0 aliphatic rings. The smallest absolute Gasteiger partial charge is 0.306 e. The fourth-order valence-electron chi connectivity index (χ4n) is 8.19. The van der Waals surface area contributed by atoms with Crippen LogP contribution in [0, 0.1) is 0 Å². The Balaban J connectivity index is 4.10. The SMILES string of the molecule is CCCCCCCCCCCCCCCCCCCCCCCCCC(=O)OCC(COCCC(C(=O)[O-])[N+](C)(C)C)OC(=O)CCCCCCCCCCCCCCC. The molecule has 0 radical (unpaired) electrons. The first-order valence-electron chi connectivity index (χ1n) is 26.1. The van der Waals surface area contributed by atoms with Gasteiger partial charge in [-0.1, -0.05) is 232 Å². The first-order valence-corrected chi connectivity index (χ1v) is 26.1. The third-order valence-electron chi connectivity index (χ3n) is 12.2. The van der Waals surface area contributed by atoms with Gasteiger partial charge in [-0.15, -0.1) is 0 Å². The van der Waals surface area contributed by atoms with Crippen molar-refractivity contribution in [3.05, 3.63) is 0 Å². The van der Waals surface area contributed by atoms with Gasteiger partial charge >= 0.3 is 11.9 Å². The third kappa shape index (κ3) is 41.7. The molecule has 0 fully saturated rings. The van der Waals surface area contributed by atoms with E-state index in [1.165, 1.54) is 193 Å². The quantitative estimate of drug-likeness (QED) is 0.0341. The predicted octanol–water partition coefficient (Wildman–Crippen LogP) is 13.5. The van der Waals surface area contributed by atoms with Gasteiger partial charge in [0.15, 0.2) is 6.10 Å². The number of esters is 2. The molecule has 0 spiro atoms. The fraction of sp³-hybridized carbons (Fsp3) is 0.942. The first kappa shape index (κ1) is 58.3. The Hall–Kier alpha value is -1.67. The summed E-state index contributed by atoms with van der Waals surface area (Å²) in [6.07, 6.45) is 47.1. The Labute approximate surface area is 372 Å². The standard InChI is InChI=1S/C52H101NO7/c1-6-8-10-12-14-16-18-20-21-22-23-24-25-26-27-28-29-31-32-34-36-38-40-42-50(54)59-47-48(46-58-45-44-49(52(56)57)53(3,4)5)60-51(55)43-41-39-37-35-33-30-19-17-15-13-11-9-7-2/h48-49H,6-47H2,1-5H3. The molecular weight excluding hydrogens is 751 g/mol. The lowest BCUT2D eigenvalue weighted by atomic mass is 10.0. The molecule has 356 valence electrons. The Morgan fingerprint density at radius 2 is 0.733 bits per heavy atom. The summed E-state index contributed by atoms with van der Waals surface area (Å²) in [4.78, 5) is 37.0. The minimum atomic E-state index is -1.12. The molecule has 8 nitrogen and oxygen atoms in total. The monoisotopic (exact) mass is 852 g/mol. The number of nitrogens with zero attached hydrogens (tertiary/aromatic N) is 1. The zero-order chi connectivity index (χ0) is 44.2. The third-order valence-corrected chi connectivity index (χ3v) is 12.2. The van der Waals surface area contributed by atoms with Gasteiger partial charge < -0.3 is 28.6 Å². The van der Waals surface area contributed by atoms with Gasteiger partial charge in [-0.3, -0.25) is 9.59 Å². The molecule has 60 heavy (non-hydrogen) atoms. The van der Waals surface area contributed by atoms with Crippen LogP contribution in [0.5, 0.6) is 0 Å². The zero-order valence-electron chi connectivity index (χ0n) is 40.7. The molecule has 0 heterocycles. The highest BCUT2D eigenvalue weighted by atomic mass is 16.6. The molecule has 0 rings (SSSR count). The van der Waals surface area contributed by atoms with Gasteiger partial charge in [-0.2, -0.15) is 0 Å². The zero-order valence-corrected chi connectivity index (χ0v) is 40.7. The summed E-state index contributed by atoms with van der Waals surface area (Å²) in [5.41, 5.74) is 0. The van der Waals surface area contributed by atoms with Crippen LogP contribution < -0.4 is 5.11 Å². The molecule has 0 aromatic carbocycles. The minimum Gasteiger partial charge on any atom is -0.544 e. The highest BCUT2D eigenvalue weighted by molar-refractivity contribution is 5.70. The molecular formula is C52H101NO7. The summed E-state index contributed by atoms with van der Waals surface area (Å²) in [7, 11) is 5.43. The number of hydrogen-bond donors (Lipinski definition) is 0. The molecule has 8 heteroatoms. The van der Waals surface area contributed by atoms with Gasteiger partial charge in [0.25, 0.3) is 0 Å². The molecule has 0 aromatic rings. The average molecular weight is 852 g/mol. The Morgan fingerprint density at radius 1 is 0.433 bits per heavy atom. The van der Waals surface area contributed by atoms with Crippen LogP contribution in [0.25, 0.3) is 0 Å².